The monoisotopic (exact) mass is 331 g/mol. The molecule has 0 aliphatic heterocycles. The molecule has 2 amide bonds. The van der Waals surface area contributed by atoms with Gasteiger partial charge in [0.1, 0.15) is 0 Å². The van der Waals surface area contributed by atoms with Gasteiger partial charge in [-0.15, -0.1) is 0 Å². The molecule has 3 rings (SSSR count). The van der Waals surface area contributed by atoms with Crippen molar-refractivity contribution < 1.29 is 9.59 Å². The highest BCUT2D eigenvalue weighted by Gasteiger charge is 2.08. The molecule has 0 radical (unpaired) electrons. The molecule has 0 fully saturated rings. The number of anilines is 1. The van der Waals surface area contributed by atoms with Crippen LogP contribution in [0.2, 0.25) is 0 Å². The van der Waals surface area contributed by atoms with Crippen LogP contribution in [0, 0.1) is 0 Å². The molecule has 3 aromatic carbocycles. The van der Waals surface area contributed by atoms with Gasteiger partial charge in [0.2, 0.25) is 5.91 Å². The summed E-state index contributed by atoms with van der Waals surface area (Å²) in [6.45, 7) is 1.46. The maximum absolute atomic E-state index is 12.4. The lowest BCUT2D eigenvalue weighted by Gasteiger charge is -2.05. The molecule has 0 aliphatic rings. The van der Waals surface area contributed by atoms with Gasteiger partial charge in [-0.2, -0.15) is 5.10 Å². The highest BCUT2D eigenvalue weighted by Crippen LogP contribution is 2.18. The lowest BCUT2D eigenvalue weighted by molar-refractivity contribution is -0.114. The molecule has 0 saturated heterocycles. The molecular weight excluding hydrogens is 314 g/mol. The van der Waals surface area contributed by atoms with Gasteiger partial charge < -0.3 is 5.32 Å². The maximum atomic E-state index is 12.4. The summed E-state index contributed by atoms with van der Waals surface area (Å²) in [5.41, 5.74) is 4.65. The smallest absolute Gasteiger partial charge is 0.271 e. The number of nitrogens with zero attached hydrogens (tertiary/aromatic N) is 1. The van der Waals surface area contributed by atoms with Gasteiger partial charge in [0.05, 0.1) is 6.21 Å². The summed E-state index contributed by atoms with van der Waals surface area (Å²) in [6.07, 6.45) is 1.56. The molecule has 0 unspecified atom stereocenters. The Balaban J connectivity index is 1.69. The lowest BCUT2D eigenvalue weighted by atomic mass is 10.0. The molecule has 5 nitrogen and oxygen atoms in total. The number of rotatable bonds is 4. The van der Waals surface area contributed by atoms with Crippen LogP contribution in [0.1, 0.15) is 22.8 Å². The van der Waals surface area contributed by atoms with E-state index in [1.54, 1.807) is 36.5 Å². The van der Waals surface area contributed by atoms with Crippen LogP contribution in [-0.2, 0) is 4.79 Å². The molecule has 0 atom stereocenters. The topological polar surface area (TPSA) is 70.6 Å². The van der Waals surface area contributed by atoms with E-state index >= 15 is 0 Å². The van der Waals surface area contributed by atoms with E-state index < -0.39 is 0 Å². The second-order valence-corrected chi connectivity index (χ2v) is 5.53. The molecule has 5 heteroatoms. The summed E-state index contributed by atoms with van der Waals surface area (Å²) < 4.78 is 0. The molecule has 0 bridgehead atoms. The Labute approximate surface area is 145 Å². The normalized spacial score (nSPS) is 10.8. The van der Waals surface area contributed by atoms with Crippen LogP contribution in [0.15, 0.2) is 71.8 Å². The van der Waals surface area contributed by atoms with E-state index in [0.717, 1.165) is 16.3 Å². The number of hydrazone groups is 1. The van der Waals surface area contributed by atoms with Crippen LogP contribution >= 0.6 is 0 Å². The Hall–Kier alpha value is -3.47. The summed E-state index contributed by atoms with van der Waals surface area (Å²) in [6, 6.07) is 20.5. The second-order valence-electron chi connectivity index (χ2n) is 5.53. The molecule has 0 heterocycles. The Morgan fingerprint density at radius 3 is 2.40 bits per heavy atom. The third-order valence-corrected chi connectivity index (χ3v) is 3.65. The zero-order valence-corrected chi connectivity index (χ0v) is 13.7. The van der Waals surface area contributed by atoms with Crippen molar-refractivity contribution in [1.82, 2.24) is 5.43 Å². The summed E-state index contributed by atoms with van der Waals surface area (Å²) in [5.74, 6) is -0.383. The fourth-order valence-corrected chi connectivity index (χ4v) is 2.50. The number of amides is 2. The Morgan fingerprint density at radius 1 is 0.920 bits per heavy atom. The van der Waals surface area contributed by atoms with Crippen molar-refractivity contribution in [1.29, 1.82) is 0 Å². The molecule has 3 aromatic rings. The number of fused-ring (bicyclic) bond motifs is 1. The Bertz CT molecular complexity index is 941. The van der Waals surface area contributed by atoms with Crippen molar-refractivity contribution in [2.45, 2.75) is 6.92 Å². The predicted octanol–water partition coefficient (Wildman–Crippen LogP) is 3.56. The van der Waals surface area contributed by atoms with Gasteiger partial charge in [-0.25, -0.2) is 5.43 Å². The van der Waals surface area contributed by atoms with Crippen LogP contribution in [0.4, 0.5) is 5.69 Å². The third-order valence-electron chi connectivity index (χ3n) is 3.65. The lowest BCUT2D eigenvalue weighted by Crippen LogP contribution is -2.17. The molecule has 0 spiro atoms. The number of benzene rings is 3. The van der Waals surface area contributed by atoms with Crippen LogP contribution in [0.3, 0.4) is 0 Å². The van der Waals surface area contributed by atoms with E-state index in [2.05, 4.69) is 15.8 Å². The minimum atomic E-state index is -0.261. The van der Waals surface area contributed by atoms with E-state index in [-0.39, 0.29) is 11.8 Å². The third kappa shape index (κ3) is 4.09. The van der Waals surface area contributed by atoms with Gasteiger partial charge >= 0.3 is 0 Å². The maximum Gasteiger partial charge on any atom is 0.271 e. The van der Waals surface area contributed by atoms with E-state index in [4.69, 9.17) is 0 Å². The van der Waals surface area contributed by atoms with Crippen LogP contribution in [-0.4, -0.2) is 18.0 Å². The number of carbonyl (C=O) groups is 2. The van der Waals surface area contributed by atoms with Gasteiger partial charge in [0.15, 0.2) is 0 Å². The molecule has 0 saturated carbocycles. The zero-order chi connectivity index (χ0) is 17.6. The summed E-state index contributed by atoms with van der Waals surface area (Å²) in [5, 5.41) is 8.59. The van der Waals surface area contributed by atoms with E-state index in [1.165, 1.54) is 6.92 Å². The number of hydrogen-bond donors (Lipinski definition) is 2. The van der Waals surface area contributed by atoms with Crippen molar-refractivity contribution in [3.8, 4) is 0 Å². The standard InChI is InChI=1S/C20H17N3O2/c1-14(24)22-17-11-9-15(10-12-17)13-21-23-20(25)19-8-4-6-16-5-2-3-7-18(16)19/h2-13H,1H3,(H,22,24)(H,23,25). The first-order chi connectivity index (χ1) is 12.1. The van der Waals surface area contributed by atoms with Gasteiger partial charge in [0, 0.05) is 18.2 Å². The van der Waals surface area contributed by atoms with Gasteiger partial charge in [0.25, 0.3) is 5.91 Å². The predicted molar refractivity (Wildman–Crippen MR) is 99.8 cm³/mol. The van der Waals surface area contributed by atoms with Crippen molar-refractivity contribution in [2.24, 2.45) is 5.10 Å². The second kappa shape index (κ2) is 7.40. The van der Waals surface area contributed by atoms with E-state index in [1.807, 2.05) is 36.4 Å². The molecule has 0 aliphatic carbocycles. The van der Waals surface area contributed by atoms with Gasteiger partial charge in [-0.05, 0) is 34.5 Å². The van der Waals surface area contributed by atoms with Gasteiger partial charge in [-0.3, -0.25) is 9.59 Å². The van der Waals surface area contributed by atoms with Crippen LogP contribution < -0.4 is 10.7 Å². The highest BCUT2D eigenvalue weighted by atomic mass is 16.2. The minimum absolute atomic E-state index is 0.122. The molecular formula is C20H17N3O2. The van der Waals surface area contributed by atoms with Crippen molar-refractivity contribution >= 4 is 34.5 Å². The van der Waals surface area contributed by atoms with Crippen molar-refractivity contribution in [3.05, 3.63) is 77.9 Å². The SMILES string of the molecule is CC(=O)Nc1ccc(C=NNC(=O)c2cccc3ccccc23)cc1. The number of nitrogens with one attached hydrogen (secondary N) is 2. The van der Waals surface area contributed by atoms with E-state index in [0.29, 0.717) is 11.3 Å². The molecule has 0 aromatic heterocycles. The molecule has 124 valence electrons. The average molecular weight is 331 g/mol. The fraction of sp³-hybridized carbons (Fsp3) is 0.0500. The summed E-state index contributed by atoms with van der Waals surface area (Å²) >= 11 is 0. The van der Waals surface area contributed by atoms with Crippen molar-refractivity contribution in [3.63, 3.8) is 0 Å². The molecule has 25 heavy (non-hydrogen) atoms. The Kier molecular flexibility index (Phi) is 4.85. The average Bonchev–Trinajstić information content (AvgIpc) is 2.62. The zero-order valence-electron chi connectivity index (χ0n) is 13.7. The first-order valence-electron chi connectivity index (χ1n) is 7.82. The highest BCUT2D eigenvalue weighted by molar-refractivity contribution is 6.07. The Morgan fingerprint density at radius 2 is 1.64 bits per heavy atom. The first kappa shape index (κ1) is 16.4. The fourth-order valence-electron chi connectivity index (χ4n) is 2.50. The van der Waals surface area contributed by atoms with E-state index in [9.17, 15) is 9.59 Å². The number of hydrogen-bond acceptors (Lipinski definition) is 3. The first-order valence-corrected chi connectivity index (χ1v) is 7.82. The van der Waals surface area contributed by atoms with Gasteiger partial charge in [-0.1, -0.05) is 48.5 Å². The largest absolute Gasteiger partial charge is 0.326 e. The number of carbonyl (C=O) groups excluding carboxylic acids is 2. The van der Waals surface area contributed by atoms with Crippen LogP contribution in [0.5, 0.6) is 0 Å². The summed E-state index contributed by atoms with van der Waals surface area (Å²) in [4.78, 5) is 23.3. The minimum Gasteiger partial charge on any atom is -0.326 e. The quantitative estimate of drug-likeness (QED) is 0.567. The summed E-state index contributed by atoms with van der Waals surface area (Å²) in [7, 11) is 0. The van der Waals surface area contributed by atoms with Crippen LogP contribution in [0.25, 0.3) is 10.8 Å². The van der Waals surface area contributed by atoms with Crippen molar-refractivity contribution in [2.75, 3.05) is 5.32 Å². The molecule has 2 N–H and O–H groups in total.